The molecule has 2 rings (SSSR count). The summed E-state index contributed by atoms with van der Waals surface area (Å²) in [5, 5.41) is 1.58. The molecule has 0 bridgehead atoms. The standard InChI is InChI=1S/C23H36NSi/c1-16(2)19-14-21(24(7)15-22(19)25(8,9)10)20-13-18(23(4,5)6)12-11-17(20)3/h11-16H,1-10H3/q+1. The zero-order chi connectivity index (χ0) is 19.2. The normalized spacial score (nSPS) is 12.8. The van der Waals surface area contributed by atoms with E-state index < -0.39 is 8.07 Å². The number of pyridine rings is 1. The fourth-order valence-electron chi connectivity index (χ4n) is 3.40. The molecular weight excluding hydrogens is 318 g/mol. The monoisotopic (exact) mass is 354 g/mol. The molecule has 1 nitrogen and oxygen atoms in total. The maximum absolute atomic E-state index is 2.45. The highest BCUT2D eigenvalue weighted by molar-refractivity contribution is 6.89. The molecule has 1 heterocycles. The van der Waals surface area contributed by atoms with Crippen molar-refractivity contribution in [2.24, 2.45) is 7.05 Å². The number of benzene rings is 1. The Bertz CT molecular complexity index is 774. The van der Waals surface area contributed by atoms with E-state index in [1.807, 2.05) is 0 Å². The number of aromatic nitrogens is 1. The van der Waals surface area contributed by atoms with E-state index in [-0.39, 0.29) is 5.41 Å². The summed E-state index contributed by atoms with van der Waals surface area (Å²) < 4.78 is 2.34. The van der Waals surface area contributed by atoms with Crippen LogP contribution in [0.5, 0.6) is 0 Å². The molecule has 1 aromatic carbocycles. The van der Waals surface area contributed by atoms with Crippen LogP contribution in [-0.4, -0.2) is 8.07 Å². The second-order valence-electron chi connectivity index (χ2n) is 9.82. The van der Waals surface area contributed by atoms with Gasteiger partial charge in [0.2, 0.25) is 5.69 Å². The summed E-state index contributed by atoms with van der Waals surface area (Å²) in [5.41, 5.74) is 7.12. The van der Waals surface area contributed by atoms with Crippen molar-refractivity contribution in [3.8, 4) is 11.3 Å². The van der Waals surface area contributed by atoms with Crippen molar-refractivity contribution >= 4 is 13.3 Å². The van der Waals surface area contributed by atoms with Crippen LogP contribution in [0.15, 0.2) is 30.5 Å². The largest absolute Gasteiger partial charge is 0.212 e. The Labute approximate surface area is 156 Å². The van der Waals surface area contributed by atoms with Crippen molar-refractivity contribution < 1.29 is 4.57 Å². The second kappa shape index (κ2) is 6.72. The Kier molecular flexibility index (Phi) is 5.35. The van der Waals surface area contributed by atoms with Gasteiger partial charge in [-0.1, -0.05) is 66.4 Å². The van der Waals surface area contributed by atoms with Gasteiger partial charge in [0.15, 0.2) is 6.20 Å². The van der Waals surface area contributed by atoms with E-state index in [9.17, 15) is 0 Å². The summed E-state index contributed by atoms with van der Waals surface area (Å²) in [4.78, 5) is 0. The number of aryl methyl sites for hydroxylation is 2. The van der Waals surface area contributed by atoms with E-state index in [0.29, 0.717) is 5.92 Å². The van der Waals surface area contributed by atoms with Crippen LogP contribution in [0.3, 0.4) is 0 Å². The van der Waals surface area contributed by atoms with Gasteiger partial charge in [0.1, 0.15) is 7.05 Å². The molecule has 0 saturated heterocycles. The Hall–Kier alpha value is -1.41. The molecule has 0 fully saturated rings. The number of hydrogen-bond acceptors (Lipinski definition) is 0. The van der Waals surface area contributed by atoms with Crippen molar-refractivity contribution in [2.75, 3.05) is 0 Å². The van der Waals surface area contributed by atoms with Gasteiger partial charge in [-0.2, -0.15) is 0 Å². The molecule has 0 spiro atoms. The maximum Gasteiger partial charge on any atom is 0.212 e. The SMILES string of the molecule is Cc1ccc(C(C)(C)C)cc1-c1cc(C(C)C)c([Si](C)(C)C)c[n+]1C. The second-order valence-corrected chi connectivity index (χ2v) is 14.9. The van der Waals surface area contributed by atoms with Crippen molar-refractivity contribution in [1.29, 1.82) is 0 Å². The van der Waals surface area contributed by atoms with E-state index in [2.05, 4.69) is 103 Å². The zero-order valence-corrected chi connectivity index (χ0v) is 18.9. The van der Waals surface area contributed by atoms with E-state index in [4.69, 9.17) is 0 Å². The van der Waals surface area contributed by atoms with Gasteiger partial charge in [-0.25, -0.2) is 4.57 Å². The summed E-state index contributed by atoms with van der Waals surface area (Å²) in [6.45, 7) is 21.1. The first-order valence-electron chi connectivity index (χ1n) is 9.48. The summed E-state index contributed by atoms with van der Waals surface area (Å²) >= 11 is 0. The van der Waals surface area contributed by atoms with Crippen molar-refractivity contribution in [3.05, 3.63) is 47.2 Å². The third-order valence-corrected chi connectivity index (χ3v) is 7.15. The van der Waals surface area contributed by atoms with Crippen LogP contribution < -0.4 is 9.75 Å². The maximum atomic E-state index is 2.45. The summed E-state index contributed by atoms with van der Waals surface area (Å²) in [7, 11) is 0.830. The Morgan fingerprint density at radius 1 is 1.00 bits per heavy atom. The number of nitrogens with zero attached hydrogens (tertiary/aromatic N) is 1. The van der Waals surface area contributed by atoms with Crippen LogP contribution in [0, 0.1) is 6.92 Å². The number of rotatable bonds is 3. The van der Waals surface area contributed by atoms with Gasteiger partial charge >= 0.3 is 0 Å². The lowest BCUT2D eigenvalue weighted by molar-refractivity contribution is -0.659. The van der Waals surface area contributed by atoms with Gasteiger partial charge in [0.25, 0.3) is 0 Å². The quantitative estimate of drug-likeness (QED) is 0.509. The molecule has 0 unspecified atom stereocenters. The smallest absolute Gasteiger partial charge is 0.201 e. The molecule has 0 aliphatic carbocycles. The molecule has 0 saturated carbocycles. The highest BCUT2D eigenvalue weighted by Crippen LogP contribution is 2.30. The molecule has 0 amide bonds. The van der Waals surface area contributed by atoms with Crippen molar-refractivity contribution in [3.63, 3.8) is 0 Å². The first kappa shape index (κ1) is 19.9. The van der Waals surface area contributed by atoms with Gasteiger partial charge in [0, 0.05) is 16.8 Å². The fourth-order valence-corrected chi connectivity index (χ4v) is 5.21. The Balaban J connectivity index is 2.75. The molecule has 2 heteroatoms. The lowest BCUT2D eigenvalue weighted by Crippen LogP contribution is -2.47. The van der Waals surface area contributed by atoms with E-state index in [1.54, 1.807) is 5.19 Å². The molecule has 0 aliphatic heterocycles. The zero-order valence-electron chi connectivity index (χ0n) is 17.9. The van der Waals surface area contributed by atoms with Crippen molar-refractivity contribution in [2.45, 2.75) is 72.5 Å². The fraction of sp³-hybridized carbons (Fsp3) is 0.522. The van der Waals surface area contributed by atoms with E-state index in [0.717, 1.165) is 0 Å². The minimum Gasteiger partial charge on any atom is -0.201 e. The van der Waals surface area contributed by atoms with Gasteiger partial charge < -0.3 is 0 Å². The van der Waals surface area contributed by atoms with Crippen LogP contribution in [0.25, 0.3) is 11.3 Å². The summed E-state index contributed by atoms with van der Waals surface area (Å²) in [6, 6.07) is 9.39. The van der Waals surface area contributed by atoms with Gasteiger partial charge in [0.05, 0.1) is 8.07 Å². The van der Waals surface area contributed by atoms with Crippen LogP contribution in [0.4, 0.5) is 0 Å². The third kappa shape index (κ3) is 4.23. The lowest BCUT2D eigenvalue weighted by atomic mass is 9.84. The first-order chi connectivity index (χ1) is 11.3. The predicted octanol–water partition coefficient (Wildman–Crippen LogP) is 5.45. The van der Waals surface area contributed by atoms with Crippen LogP contribution in [0.1, 0.15) is 57.2 Å². The molecule has 1 aromatic heterocycles. The van der Waals surface area contributed by atoms with Gasteiger partial charge in [-0.05, 0) is 41.0 Å². The molecule has 0 aliphatic rings. The highest BCUT2D eigenvalue weighted by Gasteiger charge is 2.28. The van der Waals surface area contributed by atoms with Gasteiger partial charge in [-0.15, -0.1) is 0 Å². The number of hydrogen-bond donors (Lipinski definition) is 0. The molecule has 0 atom stereocenters. The Morgan fingerprint density at radius 2 is 1.60 bits per heavy atom. The van der Waals surface area contributed by atoms with Gasteiger partial charge in [-0.3, -0.25) is 0 Å². The minimum absolute atomic E-state index is 0.167. The van der Waals surface area contributed by atoms with E-state index in [1.165, 1.54) is 27.9 Å². The minimum atomic E-state index is -1.37. The highest BCUT2D eigenvalue weighted by atomic mass is 28.3. The molecule has 25 heavy (non-hydrogen) atoms. The topological polar surface area (TPSA) is 3.88 Å². The third-order valence-electron chi connectivity index (χ3n) is 5.12. The molecular formula is C23H36NSi+. The molecule has 0 radical (unpaired) electrons. The van der Waals surface area contributed by atoms with Crippen molar-refractivity contribution in [1.82, 2.24) is 0 Å². The lowest BCUT2D eigenvalue weighted by Gasteiger charge is -2.23. The molecule has 2 aromatic rings. The van der Waals surface area contributed by atoms with Crippen LogP contribution in [0.2, 0.25) is 19.6 Å². The summed E-state index contributed by atoms with van der Waals surface area (Å²) in [5.74, 6) is 0.549. The molecule has 136 valence electrons. The predicted molar refractivity (Wildman–Crippen MR) is 114 cm³/mol. The average Bonchev–Trinajstić information content (AvgIpc) is 2.45. The summed E-state index contributed by atoms with van der Waals surface area (Å²) in [6.07, 6.45) is 2.40. The average molecular weight is 355 g/mol. The molecule has 0 N–H and O–H groups in total. The Morgan fingerprint density at radius 3 is 2.08 bits per heavy atom. The van der Waals surface area contributed by atoms with Crippen LogP contribution in [-0.2, 0) is 12.5 Å². The first-order valence-corrected chi connectivity index (χ1v) is 13.0. The van der Waals surface area contributed by atoms with Crippen LogP contribution >= 0.6 is 0 Å². The van der Waals surface area contributed by atoms with E-state index >= 15 is 0 Å².